The van der Waals surface area contributed by atoms with Crippen molar-refractivity contribution < 1.29 is 19.4 Å². The van der Waals surface area contributed by atoms with Crippen LogP contribution in [0.25, 0.3) is 11.1 Å². The zero-order valence-electron chi connectivity index (χ0n) is 19.0. The molecule has 3 atom stereocenters. The summed E-state index contributed by atoms with van der Waals surface area (Å²) in [6.07, 6.45) is 3.60. The van der Waals surface area contributed by atoms with Crippen molar-refractivity contribution in [2.24, 2.45) is 0 Å². The van der Waals surface area contributed by atoms with Gasteiger partial charge in [-0.15, -0.1) is 0 Å². The van der Waals surface area contributed by atoms with Gasteiger partial charge in [0.2, 0.25) is 5.91 Å². The van der Waals surface area contributed by atoms with E-state index in [-0.39, 0.29) is 36.5 Å². The molecule has 0 spiro atoms. The Kier molecular flexibility index (Phi) is 6.13. The molecule has 3 aromatic rings. The number of aliphatic hydroxyl groups excluding tert-OH is 1. The maximum Gasteiger partial charge on any atom is 0.337 e. The molecule has 0 saturated carbocycles. The van der Waals surface area contributed by atoms with E-state index in [4.69, 9.17) is 4.74 Å². The molecule has 7 nitrogen and oxygen atoms in total. The number of hydrogen-bond donors (Lipinski definition) is 1. The number of carbonyl (C=O) groups is 2. The van der Waals surface area contributed by atoms with Crippen molar-refractivity contribution in [2.45, 2.75) is 24.5 Å². The van der Waals surface area contributed by atoms with Gasteiger partial charge in [-0.25, -0.2) is 4.79 Å². The van der Waals surface area contributed by atoms with E-state index in [0.29, 0.717) is 18.7 Å². The molecule has 2 aromatic carbocycles. The van der Waals surface area contributed by atoms with Crippen LogP contribution in [0.5, 0.6) is 0 Å². The topological polar surface area (TPSA) is 83.0 Å². The Morgan fingerprint density at radius 3 is 2.50 bits per heavy atom. The van der Waals surface area contributed by atoms with Crippen molar-refractivity contribution in [1.82, 2.24) is 14.8 Å². The number of amides is 1. The maximum atomic E-state index is 12.9. The fraction of sp³-hybridized carbons (Fsp3) is 0.296. The molecule has 3 heterocycles. The fourth-order valence-corrected chi connectivity index (χ4v) is 5.24. The number of nitrogens with zero attached hydrogens (tertiary/aromatic N) is 3. The number of carbonyl (C=O) groups excluding carboxylic acids is 2. The maximum absolute atomic E-state index is 12.9. The lowest BCUT2D eigenvalue weighted by Gasteiger charge is -2.59. The van der Waals surface area contributed by atoms with Crippen molar-refractivity contribution in [3.05, 3.63) is 89.7 Å². The van der Waals surface area contributed by atoms with Gasteiger partial charge in [0.05, 0.1) is 37.9 Å². The highest BCUT2D eigenvalue weighted by Gasteiger charge is 2.53. The molecule has 1 aromatic heterocycles. The quantitative estimate of drug-likeness (QED) is 0.573. The molecule has 1 amide bonds. The van der Waals surface area contributed by atoms with Crippen LogP contribution in [-0.2, 0) is 16.1 Å². The molecule has 2 saturated heterocycles. The Labute approximate surface area is 198 Å². The minimum absolute atomic E-state index is 0.0250. The summed E-state index contributed by atoms with van der Waals surface area (Å²) in [6.45, 7) is 1.62. The number of piperazine rings is 1. The minimum Gasteiger partial charge on any atom is -0.465 e. The minimum atomic E-state index is -0.364. The van der Waals surface area contributed by atoms with Gasteiger partial charge in [0, 0.05) is 31.4 Å². The highest BCUT2D eigenvalue weighted by Crippen LogP contribution is 2.43. The predicted molar refractivity (Wildman–Crippen MR) is 127 cm³/mol. The van der Waals surface area contributed by atoms with Crippen molar-refractivity contribution >= 4 is 11.9 Å². The van der Waals surface area contributed by atoms with Crippen LogP contribution < -0.4 is 0 Å². The number of esters is 1. The van der Waals surface area contributed by atoms with Crippen LogP contribution in [0.2, 0.25) is 0 Å². The lowest BCUT2D eigenvalue weighted by molar-refractivity contribution is -0.162. The van der Waals surface area contributed by atoms with Crippen LogP contribution in [0.4, 0.5) is 0 Å². The first-order valence-electron chi connectivity index (χ1n) is 11.4. The Morgan fingerprint density at radius 2 is 1.85 bits per heavy atom. The smallest absolute Gasteiger partial charge is 0.337 e. The second kappa shape index (κ2) is 9.37. The number of methoxy groups -OCH3 is 1. The number of benzene rings is 2. The molecule has 0 radical (unpaired) electrons. The lowest BCUT2D eigenvalue weighted by Crippen LogP contribution is -2.72. The number of pyridine rings is 1. The third-order valence-corrected chi connectivity index (χ3v) is 6.89. The Hall–Kier alpha value is -3.55. The first-order chi connectivity index (χ1) is 16.6. The molecule has 2 aliphatic rings. The molecule has 0 aliphatic carbocycles. The Morgan fingerprint density at radius 1 is 1.09 bits per heavy atom. The summed E-state index contributed by atoms with van der Waals surface area (Å²) in [7, 11) is 1.36. The van der Waals surface area contributed by atoms with E-state index in [1.165, 1.54) is 7.11 Å². The van der Waals surface area contributed by atoms with Crippen molar-refractivity contribution in [2.75, 3.05) is 26.8 Å². The van der Waals surface area contributed by atoms with Crippen LogP contribution in [0, 0.1) is 0 Å². The first kappa shape index (κ1) is 22.3. The molecular weight excluding hydrogens is 430 g/mol. The van der Waals surface area contributed by atoms with E-state index in [9.17, 15) is 14.7 Å². The van der Waals surface area contributed by atoms with Gasteiger partial charge in [-0.3, -0.25) is 14.7 Å². The van der Waals surface area contributed by atoms with Crippen LogP contribution in [0.3, 0.4) is 0 Å². The van der Waals surface area contributed by atoms with Gasteiger partial charge in [-0.05, 0) is 40.5 Å². The summed E-state index contributed by atoms with van der Waals surface area (Å²) < 4.78 is 4.76. The molecule has 174 valence electrons. The molecule has 1 N–H and O–H groups in total. The van der Waals surface area contributed by atoms with E-state index in [0.717, 1.165) is 28.8 Å². The summed E-state index contributed by atoms with van der Waals surface area (Å²) in [5.74, 6) is -0.233. The zero-order valence-corrected chi connectivity index (χ0v) is 19.0. The van der Waals surface area contributed by atoms with E-state index in [1.807, 2.05) is 35.4 Å². The molecular formula is C27H27N3O4. The van der Waals surface area contributed by atoms with Crippen LogP contribution in [0.15, 0.2) is 73.1 Å². The van der Waals surface area contributed by atoms with Crippen molar-refractivity contribution in [3.63, 3.8) is 0 Å². The first-order valence-corrected chi connectivity index (χ1v) is 11.4. The van der Waals surface area contributed by atoms with Crippen molar-refractivity contribution in [3.8, 4) is 11.1 Å². The number of aliphatic hydroxyl groups is 1. The van der Waals surface area contributed by atoms with E-state index >= 15 is 0 Å². The molecule has 5 rings (SSSR count). The zero-order chi connectivity index (χ0) is 23.7. The van der Waals surface area contributed by atoms with Gasteiger partial charge in [0.15, 0.2) is 0 Å². The van der Waals surface area contributed by atoms with Crippen LogP contribution >= 0.6 is 0 Å². The third kappa shape index (κ3) is 4.08. The summed E-state index contributed by atoms with van der Waals surface area (Å²) in [5, 5.41) is 10.0. The van der Waals surface area contributed by atoms with Crippen molar-refractivity contribution in [1.29, 1.82) is 0 Å². The molecule has 0 bridgehead atoms. The number of ether oxygens (including phenoxy) is 1. The summed E-state index contributed by atoms with van der Waals surface area (Å²) >= 11 is 0. The molecule has 7 heteroatoms. The summed E-state index contributed by atoms with van der Waals surface area (Å²) in [4.78, 5) is 32.8. The van der Waals surface area contributed by atoms with Crippen LogP contribution in [-0.4, -0.2) is 70.7 Å². The molecule has 2 aliphatic heterocycles. The molecule has 0 unspecified atom stereocenters. The predicted octanol–water partition coefficient (Wildman–Crippen LogP) is 2.71. The van der Waals surface area contributed by atoms with Gasteiger partial charge in [0.25, 0.3) is 0 Å². The molecule has 34 heavy (non-hydrogen) atoms. The highest BCUT2D eigenvalue weighted by molar-refractivity contribution is 5.89. The van der Waals surface area contributed by atoms with Gasteiger partial charge in [-0.2, -0.15) is 0 Å². The second-order valence-electron chi connectivity index (χ2n) is 8.87. The summed E-state index contributed by atoms with van der Waals surface area (Å²) in [5.41, 5.74) is 4.81. The SMILES string of the molecule is COC(=O)c1ccc(CN2CC(=O)N3[C@H](CO)[C@H](c4ccc(-c5cccnc5)cc4)[C@H]3C2)cc1. The monoisotopic (exact) mass is 457 g/mol. The molecule has 2 fully saturated rings. The number of aromatic nitrogens is 1. The average molecular weight is 458 g/mol. The highest BCUT2D eigenvalue weighted by atomic mass is 16.5. The standard InChI is InChI=1S/C27H27N3O4/c1-34-27(33)21-6-4-18(5-7-21)14-29-15-23-26(24(17-31)30(23)25(32)16-29)20-10-8-19(9-11-20)22-3-2-12-28-13-22/h2-13,23-24,26,31H,14-17H2,1H3/t23-,24-,26-/m1/s1. The van der Waals surface area contributed by atoms with Crippen LogP contribution in [0.1, 0.15) is 27.4 Å². The third-order valence-electron chi connectivity index (χ3n) is 6.89. The number of fused-ring (bicyclic) bond motifs is 1. The van der Waals surface area contributed by atoms with E-state index in [1.54, 1.807) is 18.3 Å². The van der Waals surface area contributed by atoms with Gasteiger partial charge >= 0.3 is 5.97 Å². The average Bonchev–Trinajstić information content (AvgIpc) is 2.86. The summed E-state index contributed by atoms with van der Waals surface area (Å²) in [6, 6.07) is 19.4. The van der Waals surface area contributed by atoms with Gasteiger partial charge < -0.3 is 14.7 Å². The van der Waals surface area contributed by atoms with Gasteiger partial charge in [0.1, 0.15) is 0 Å². The van der Waals surface area contributed by atoms with Gasteiger partial charge in [-0.1, -0.05) is 42.5 Å². The normalized spacial score (nSPS) is 22.1. The largest absolute Gasteiger partial charge is 0.465 e. The van der Waals surface area contributed by atoms with E-state index < -0.39 is 0 Å². The number of rotatable bonds is 6. The Balaban J connectivity index is 1.31. The Bertz CT molecular complexity index is 1160. The van der Waals surface area contributed by atoms with E-state index in [2.05, 4.69) is 34.1 Å². The number of hydrogen-bond acceptors (Lipinski definition) is 6. The fourth-order valence-electron chi connectivity index (χ4n) is 5.24. The second-order valence-corrected chi connectivity index (χ2v) is 8.87. The lowest BCUT2D eigenvalue weighted by atomic mass is 9.73.